The summed E-state index contributed by atoms with van der Waals surface area (Å²) in [5.41, 5.74) is 1.23. The van der Waals surface area contributed by atoms with E-state index in [4.69, 9.17) is 4.42 Å². The first-order chi connectivity index (χ1) is 14.6. The third-order valence-electron chi connectivity index (χ3n) is 5.37. The van der Waals surface area contributed by atoms with Crippen LogP contribution in [0.2, 0.25) is 0 Å². The second kappa shape index (κ2) is 8.94. The molecule has 3 aromatic rings. The zero-order valence-electron chi connectivity index (χ0n) is 16.5. The molecule has 0 saturated carbocycles. The van der Waals surface area contributed by atoms with Crippen molar-refractivity contribution in [2.24, 2.45) is 5.92 Å². The number of likely N-dealkylation sites (tertiary alicyclic amines) is 1. The van der Waals surface area contributed by atoms with Gasteiger partial charge in [0.15, 0.2) is 5.76 Å². The van der Waals surface area contributed by atoms with Crippen LogP contribution in [0.1, 0.15) is 29.0 Å². The molecule has 0 spiro atoms. The number of anilines is 1. The summed E-state index contributed by atoms with van der Waals surface area (Å²) in [4.78, 5) is 26.4. The molecule has 2 amide bonds. The molecule has 0 aliphatic carbocycles. The average molecular weight is 410 g/mol. The summed E-state index contributed by atoms with van der Waals surface area (Å²) in [7, 11) is 0. The van der Waals surface area contributed by atoms with Crippen LogP contribution in [0.4, 0.5) is 10.1 Å². The standard InChI is InChI=1S/C22H23FN4O3/c23-19-5-2-1-4-17(19)12-16-7-9-26(10-8-16)21(28)15-27-14-18(13-24-27)25-22(29)20-6-3-11-30-20/h1-6,11,13-14,16H,7-10,12,15H2,(H,25,29). The highest BCUT2D eigenvalue weighted by atomic mass is 19.1. The van der Waals surface area contributed by atoms with E-state index in [9.17, 15) is 14.0 Å². The third kappa shape index (κ3) is 4.76. The lowest BCUT2D eigenvalue weighted by Crippen LogP contribution is -2.40. The Hall–Kier alpha value is -3.42. The summed E-state index contributed by atoms with van der Waals surface area (Å²) in [6.07, 6.45) is 6.94. The monoisotopic (exact) mass is 410 g/mol. The minimum Gasteiger partial charge on any atom is -0.459 e. The molecular weight excluding hydrogens is 387 g/mol. The molecule has 30 heavy (non-hydrogen) atoms. The smallest absolute Gasteiger partial charge is 0.291 e. The van der Waals surface area contributed by atoms with E-state index in [0.29, 0.717) is 31.1 Å². The van der Waals surface area contributed by atoms with Gasteiger partial charge in [-0.3, -0.25) is 14.3 Å². The normalized spacial score (nSPS) is 14.6. The largest absolute Gasteiger partial charge is 0.459 e. The highest BCUT2D eigenvalue weighted by Gasteiger charge is 2.24. The fourth-order valence-electron chi connectivity index (χ4n) is 3.72. The quantitative estimate of drug-likeness (QED) is 0.676. The number of rotatable bonds is 6. The number of carbonyl (C=O) groups excluding carboxylic acids is 2. The van der Waals surface area contributed by atoms with Gasteiger partial charge in [0, 0.05) is 19.3 Å². The van der Waals surface area contributed by atoms with Crippen molar-refractivity contribution in [1.82, 2.24) is 14.7 Å². The van der Waals surface area contributed by atoms with Gasteiger partial charge in [-0.15, -0.1) is 0 Å². The fourth-order valence-corrected chi connectivity index (χ4v) is 3.72. The van der Waals surface area contributed by atoms with Crippen LogP contribution in [-0.2, 0) is 17.8 Å². The molecule has 1 saturated heterocycles. The number of hydrogen-bond acceptors (Lipinski definition) is 4. The molecule has 0 unspecified atom stereocenters. The van der Waals surface area contributed by atoms with Crippen molar-refractivity contribution in [2.45, 2.75) is 25.8 Å². The maximum atomic E-state index is 13.8. The number of benzene rings is 1. The van der Waals surface area contributed by atoms with Crippen LogP contribution in [0.5, 0.6) is 0 Å². The summed E-state index contributed by atoms with van der Waals surface area (Å²) in [5, 5.41) is 6.83. The Morgan fingerprint density at radius 2 is 1.97 bits per heavy atom. The van der Waals surface area contributed by atoms with Gasteiger partial charge >= 0.3 is 0 Å². The third-order valence-corrected chi connectivity index (χ3v) is 5.37. The number of piperidine rings is 1. The number of nitrogens with zero attached hydrogens (tertiary/aromatic N) is 3. The van der Waals surface area contributed by atoms with Gasteiger partial charge in [0.1, 0.15) is 12.4 Å². The average Bonchev–Trinajstić information content (AvgIpc) is 3.43. The van der Waals surface area contributed by atoms with Crippen molar-refractivity contribution in [3.8, 4) is 0 Å². The van der Waals surface area contributed by atoms with Crippen molar-refractivity contribution in [3.05, 3.63) is 72.2 Å². The van der Waals surface area contributed by atoms with Crippen LogP contribution in [0, 0.1) is 11.7 Å². The summed E-state index contributed by atoms with van der Waals surface area (Å²) < 4.78 is 20.4. The maximum absolute atomic E-state index is 13.8. The van der Waals surface area contributed by atoms with E-state index in [1.54, 1.807) is 24.4 Å². The molecule has 1 aliphatic rings. The number of furan rings is 1. The van der Waals surface area contributed by atoms with Gasteiger partial charge in [0.25, 0.3) is 5.91 Å². The zero-order chi connectivity index (χ0) is 20.9. The number of aromatic nitrogens is 2. The van der Waals surface area contributed by atoms with Crippen molar-refractivity contribution >= 4 is 17.5 Å². The van der Waals surface area contributed by atoms with Crippen LogP contribution < -0.4 is 5.32 Å². The lowest BCUT2D eigenvalue weighted by Gasteiger charge is -2.32. The molecule has 156 valence electrons. The second-order valence-electron chi connectivity index (χ2n) is 7.48. The number of amides is 2. The van der Waals surface area contributed by atoms with Gasteiger partial charge in [-0.1, -0.05) is 18.2 Å². The number of hydrogen-bond donors (Lipinski definition) is 1. The van der Waals surface area contributed by atoms with Crippen molar-refractivity contribution in [2.75, 3.05) is 18.4 Å². The predicted octanol–water partition coefficient (Wildman–Crippen LogP) is 3.35. The Labute approximate surface area is 173 Å². The van der Waals surface area contributed by atoms with Crippen molar-refractivity contribution < 1.29 is 18.4 Å². The molecule has 1 aromatic carbocycles. The molecule has 2 aromatic heterocycles. The Bertz CT molecular complexity index is 1010. The highest BCUT2D eigenvalue weighted by Crippen LogP contribution is 2.23. The molecule has 3 heterocycles. The van der Waals surface area contributed by atoms with Crippen LogP contribution in [0.15, 0.2) is 59.5 Å². The molecule has 1 N–H and O–H groups in total. The SMILES string of the molecule is O=C(Nc1cnn(CC(=O)N2CCC(Cc3ccccc3F)CC2)c1)c1ccco1. The molecule has 0 radical (unpaired) electrons. The summed E-state index contributed by atoms with van der Waals surface area (Å²) in [6.45, 7) is 1.41. The Kier molecular flexibility index (Phi) is 5.92. The molecule has 1 aliphatic heterocycles. The lowest BCUT2D eigenvalue weighted by molar-refractivity contribution is -0.133. The molecule has 4 rings (SSSR count). The highest BCUT2D eigenvalue weighted by molar-refractivity contribution is 6.02. The van der Waals surface area contributed by atoms with Crippen molar-refractivity contribution in [1.29, 1.82) is 0 Å². The van der Waals surface area contributed by atoms with Gasteiger partial charge in [-0.25, -0.2) is 4.39 Å². The molecule has 0 atom stereocenters. The molecule has 0 bridgehead atoms. The Balaban J connectivity index is 1.25. The summed E-state index contributed by atoms with van der Waals surface area (Å²) in [6, 6.07) is 10.1. The zero-order valence-corrected chi connectivity index (χ0v) is 16.5. The maximum Gasteiger partial charge on any atom is 0.291 e. The minimum atomic E-state index is -0.372. The fraction of sp³-hybridized carbons (Fsp3) is 0.318. The van der Waals surface area contributed by atoms with E-state index in [1.807, 2.05) is 17.0 Å². The van der Waals surface area contributed by atoms with E-state index in [0.717, 1.165) is 18.4 Å². The van der Waals surface area contributed by atoms with Gasteiger partial charge < -0.3 is 14.6 Å². The van der Waals surface area contributed by atoms with Crippen LogP contribution in [0.25, 0.3) is 0 Å². The van der Waals surface area contributed by atoms with Crippen molar-refractivity contribution in [3.63, 3.8) is 0 Å². The van der Waals surface area contributed by atoms with Gasteiger partial charge in [0.05, 0.1) is 18.1 Å². The number of carbonyl (C=O) groups is 2. The summed E-state index contributed by atoms with van der Waals surface area (Å²) >= 11 is 0. The molecule has 7 nitrogen and oxygen atoms in total. The van der Waals surface area contributed by atoms with E-state index in [2.05, 4.69) is 10.4 Å². The van der Waals surface area contributed by atoms with E-state index in [-0.39, 0.29) is 29.9 Å². The van der Waals surface area contributed by atoms with E-state index < -0.39 is 0 Å². The first kappa shape index (κ1) is 19.9. The first-order valence-corrected chi connectivity index (χ1v) is 9.97. The minimum absolute atomic E-state index is 0.0219. The summed E-state index contributed by atoms with van der Waals surface area (Å²) in [5.74, 6) is 0.0231. The van der Waals surface area contributed by atoms with Gasteiger partial charge in [0.2, 0.25) is 5.91 Å². The van der Waals surface area contributed by atoms with E-state index in [1.165, 1.54) is 23.2 Å². The number of nitrogens with one attached hydrogen (secondary N) is 1. The predicted molar refractivity (Wildman–Crippen MR) is 108 cm³/mol. The molecule has 1 fully saturated rings. The number of halogens is 1. The Morgan fingerprint density at radius 1 is 1.17 bits per heavy atom. The topological polar surface area (TPSA) is 80.4 Å². The molecule has 8 heteroatoms. The van der Waals surface area contributed by atoms with Crippen LogP contribution >= 0.6 is 0 Å². The Morgan fingerprint density at radius 3 is 2.70 bits per heavy atom. The second-order valence-corrected chi connectivity index (χ2v) is 7.48. The van der Waals surface area contributed by atoms with E-state index >= 15 is 0 Å². The molecular formula is C22H23FN4O3. The first-order valence-electron chi connectivity index (χ1n) is 9.97. The van der Waals surface area contributed by atoms with Gasteiger partial charge in [-0.2, -0.15) is 5.10 Å². The van der Waals surface area contributed by atoms with Crippen LogP contribution in [0.3, 0.4) is 0 Å². The van der Waals surface area contributed by atoms with Crippen LogP contribution in [-0.4, -0.2) is 39.6 Å². The van der Waals surface area contributed by atoms with Gasteiger partial charge in [-0.05, 0) is 48.9 Å². The lowest BCUT2D eigenvalue weighted by atomic mass is 9.90.